The molecule has 17 heavy (non-hydrogen) atoms. The van der Waals surface area contributed by atoms with Crippen molar-refractivity contribution in [2.24, 2.45) is 4.99 Å². The third-order valence-electron chi connectivity index (χ3n) is 1.79. The van der Waals surface area contributed by atoms with Gasteiger partial charge in [-0.25, -0.2) is 0 Å². The third kappa shape index (κ3) is 3.37. The molecule has 0 aromatic carbocycles. The van der Waals surface area contributed by atoms with Crippen molar-refractivity contribution in [1.82, 2.24) is 4.57 Å². The summed E-state index contributed by atoms with van der Waals surface area (Å²) in [6.45, 7) is 3.79. The van der Waals surface area contributed by atoms with Gasteiger partial charge in [0.15, 0.2) is 11.2 Å². The number of carbonyl (C=O) groups is 3. The maximum absolute atomic E-state index is 11.3. The van der Waals surface area contributed by atoms with Gasteiger partial charge >= 0.3 is 5.97 Å². The van der Waals surface area contributed by atoms with Gasteiger partial charge in [0.05, 0.1) is 0 Å². The van der Waals surface area contributed by atoms with Gasteiger partial charge in [0.25, 0.3) is 0 Å². The molecule has 0 spiro atoms. The van der Waals surface area contributed by atoms with Crippen LogP contribution in [0.3, 0.4) is 0 Å². The van der Waals surface area contributed by atoms with Crippen molar-refractivity contribution in [3.63, 3.8) is 0 Å². The molecule has 0 atom stereocenters. The Hall–Kier alpha value is -2.24. The summed E-state index contributed by atoms with van der Waals surface area (Å²) in [6, 6.07) is 2.99. The number of ether oxygens (including phenoxy) is 1. The Morgan fingerprint density at radius 1 is 1.24 bits per heavy atom. The molecule has 0 aliphatic carbocycles. The lowest BCUT2D eigenvalue weighted by Crippen LogP contribution is -2.28. The summed E-state index contributed by atoms with van der Waals surface area (Å²) in [6.07, 6.45) is 1.44. The van der Waals surface area contributed by atoms with Gasteiger partial charge in [-0.2, -0.15) is 4.99 Å². The zero-order chi connectivity index (χ0) is 13.0. The maximum Gasteiger partial charge on any atom is 0.308 e. The Balaban J connectivity index is 3.50. The number of hydrogen-bond donors (Lipinski definition) is 0. The number of carbonyl (C=O) groups excluding carboxylic acids is 3. The highest BCUT2D eigenvalue weighted by atomic mass is 16.5. The van der Waals surface area contributed by atoms with Crippen molar-refractivity contribution >= 4 is 17.8 Å². The van der Waals surface area contributed by atoms with Crippen LogP contribution in [0.4, 0.5) is 0 Å². The molecule has 0 saturated heterocycles. The van der Waals surface area contributed by atoms with Crippen molar-refractivity contribution in [3.8, 4) is 5.75 Å². The molecule has 1 aromatic rings. The van der Waals surface area contributed by atoms with Crippen LogP contribution in [-0.2, 0) is 9.59 Å². The lowest BCUT2D eigenvalue weighted by atomic mass is 10.4. The van der Waals surface area contributed by atoms with E-state index in [4.69, 9.17) is 4.74 Å². The average Bonchev–Trinajstić information content (AvgIpc) is 2.18. The summed E-state index contributed by atoms with van der Waals surface area (Å²) in [5, 5.41) is 0. The fraction of sp³-hybridized carbons (Fsp3) is 0.273. The molecule has 1 rings (SSSR count). The molecule has 0 aliphatic rings. The lowest BCUT2D eigenvalue weighted by Gasteiger charge is -2.06. The Morgan fingerprint density at radius 2 is 1.88 bits per heavy atom. The van der Waals surface area contributed by atoms with E-state index in [0.29, 0.717) is 0 Å². The van der Waals surface area contributed by atoms with E-state index in [1.165, 1.54) is 39.1 Å². The summed E-state index contributed by atoms with van der Waals surface area (Å²) in [5.41, 5.74) is 0.0164. The number of esters is 1. The zero-order valence-electron chi connectivity index (χ0n) is 9.76. The Kier molecular flexibility index (Phi) is 3.92. The average molecular weight is 236 g/mol. The van der Waals surface area contributed by atoms with Gasteiger partial charge in [-0.3, -0.25) is 19.0 Å². The Morgan fingerprint density at radius 3 is 2.35 bits per heavy atom. The van der Waals surface area contributed by atoms with Crippen LogP contribution in [0.25, 0.3) is 0 Å². The first-order chi connectivity index (χ1) is 7.91. The van der Waals surface area contributed by atoms with E-state index in [1.807, 2.05) is 0 Å². The molecule has 6 heteroatoms. The van der Waals surface area contributed by atoms with Crippen molar-refractivity contribution in [1.29, 1.82) is 0 Å². The van der Waals surface area contributed by atoms with Crippen molar-refractivity contribution in [3.05, 3.63) is 23.8 Å². The topological polar surface area (TPSA) is 77.7 Å². The molecule has 1 amide bonds. The first-order valence-corrected chi connectivity index (χ1v) is 4.88. The third-order valence-corrected chi connectivity index (χ3v) is 1.79. The highest BCUT2D eigenvalue weighted by molar-refractivity contribution is 5.78. The van der Waals surface area contributed by atoms with E-state index < -0.39 is 11.9 Å². The predicted octanol–water partition coefficient (Wildman–Crippen LogP) is 0.521. The van der Waals surface area contributed by atoms with Gasteiger partial charge in [-0.05, 0) is 12.1 Å². The van der Waals surface area contributed by atoms with E-state index >= 15 is 0 Å². The van der Waals surface area contributed by atoms with E-state index in [9.17, 15) is 14.4 Å². The van der Waals surface area contributed by atoms with Crippen LogP contribution in [0.2, 0.25) is 0 Å². The van der Waals surface area contributed by atoms with Crippen LogP contribution in [0, 0.1) is 0 Å². The fourth-order valence-electron chi connectivity index (χ4n) is 1.23. The minimum Gasteiger partial charge on any atom is -0.423 e. The van der Waals surface area contributed by atoms with E-state index in [1.54, 1.807) is 0 Å². The van der Waals surface area contributed by atoms with Crippen molar-refractivity contribution in [2.45, 2.75) is 20.8 Å². The predicted molar refractivity (Wildman–Crippen MR) is 58.3 cm³/mol. The maximum atomic E-state index is 11.3. The molecule has 0 unspecified atom stereocenters. The van der Waals surface area contributed by atoms with E-state index in [0.717, 1.165) is 4.57 Å². The summed E-state index contributed by atoms with van der Waals surface area (Å²) in [5.74, 6) is -1.30. The number of hydrogen-bond acceptors (Lipinski definition) is 4. The van der Waals surface area contributed by atoms with Gasteiger partial charge in [0.2, 0.25) is 11.8 Å². The summed E-state index contributed by atoms with van der Waals surface area (Å²) < 4.78 is 6.02. The van der Waals surface area contributed by atoms with Gasteiger partial charge in [-0.1, -0.05) is 0 Å². The minimum atomic E-state index is -0.550. The first-order valence-electron chi connectivity index (χ1n) is 4.88. The van der Waals surface area contributed by atoms with Crippen LogP contribution in [0.1, 0.15) is 25.6 Å². The van der Waals surface area contributed by atoms with Crippen molar-refractivity contribution in [2.75, 3.05) is 0 Å². The molecule has 1 heterocycles. The number of amides is 1. The fourth-order valence-corrected chi connectivity index (χ4v) is 1.23. The second-order valence-electron chi connectivity index (χ2n) is 3.31. The number of aromatic nitrogens is 1. The van der Waals surface area contributed by atoms with Crippen LogP contribution >= 0.6 is 0 Å². The van der Waals surface area contributed by atoms with Crippen molar-refractivity contribution < 1.29 is 19.1 Å². The highest BCUT2D eigenvalue weighted by Gasteiger charge is 2.08. The van der Waals surface area contributed by atoms with Gasteiger partial charge < -0.3 is 4.74 Å². The van der Waals surface area contributed by atoms with Gasteiger partial charge in [0.1, 0.15) is 0 Å². The second-order valence-corrected chi connectivity index (χ2v) is 3.31. The van der Waals surface area contributed by atoms with E-state index in [-0.39, 0.29) is 17.1 Å². The second kappa shape index (κ2) is 5.20. The standard InChI is InChI=1S/C11H12N2O4/c1-7(14)12-11-10(17-9(3)16)5-4-6-13(11)8(2)15/h4-6H,1-3H3. The molecular weight excluding hydrogens is 224 g/mol. The van der Waals surface area contributed by atoms with Crippen LogP contribution < -0.4 is 10.2 Å². The molecule has 6 nitrogen and oxygen atoms in total. The largest absolute Gasteiger partial charge is 0.423 e. The van der Waals surface area contributed by atoms with E-state index in [2.05, 4.69) is 4.99 Å². The molecule has 0 aliphatic heterocycles. The van der Waals surface area contributed by atoms with Gasteiger partial charge in [0, 0.05) is 27.0 Å². The Labute approximate surface area is 97.5 Å². The minimum absolute atomic E-state index is 0.0164. The smallest absolute Gasteiger partial charge is 0.308 e. The number of pyridine rings is 1. The zero-order valence-corrected chi connectivity index (χ0v) is 9.76. The molecule has 0 radical (unpaired) electrons. The number of nitrogens with zero attached hydrogens (tertiary/aromatic N) is 2. The Bertz CT molecular complexity index is 543. The molecule has 90 valence electrons. The molecule has 1 aromatic heterocycles. The molecule has 0 fully saturated rings. The molecule has 0 N–H and O–H groups in total. The van der Waals surface area contributed by atoms with Gasteiger partial charge in [-0.15, -0.1) is 0 Å². The summed E-state index contributed by atoms with van der Waals surface area (Å²) in [7, 11) is 0. The molecule has 0 saturated carbocycles. The summed E-state index contributed by atoms with van der Waals surface area (Å²) >= 11 is 0. The summed E-state index contributed by atoms with van der Waals surface area (Å²) in [4.78, 5) is 36.9. The lowest BCUT2D eigenvalue weighted by molar-refractivity contribution is -0.132. The normalized spacial score (nSPS) is 11.1. The quantitative estimate of drug-likeness (QED) is 0.666. The SMILES string of the molecule is CC(=O)N=c1c(OC(C)=O)cccn1C(C)=O. The molecule has 0 bridgehead atoms. The van der Waals surface area contributed by atoms with Crippen LogP contribution in [0.15, 0.2) is 23.3 Å². The molecular formula is C11H12N2O4. The number of rotatable bonds is 1. The van der Waals surface area contributed by atoms with Crippen LogP contribution in [0.5, 0.6) is 5.75 Å². The monoisotopic (exact) mass is 236 g/mol. The first kappa shape index (κ1) is 12.8. The van der Waals surface area contributed by atoms with Crippen LogP contribution in [-0.4, -0.2) is 22.4 Å². The highest BCUT2D eigenvalue weighted by Crippen LogP contribution is 2.02.